The van der Waals surface area contributed by atoms with E-state index < -0.39 is 6.03 Å². The Kier molecular flexibility index (Phi) is 4.37. The summed E-state index contributed by atoms with van der Waals surface area (Å²) in [6.07, 6.45) is 0. The van der Waals surface area contributed by atoms with E-state index in [4.69, 9.17) is 17.3 Å². The zero-order chi connectivity index (χ0) is 14.5. The number of hydrogen-bond donors (Lipinski definition) is 3. The highest BCUT2D eigenvalue weighted by atomic mass is 35.5. The van der Waals surface area contributed by atoms with Crippen LogP contribution in [0.15, 0.2) is 30.3 Å². The molecular formula is C13H13ClN4O2. The number of nitrogens with one attached hydrogen (secondary N) is 2. The van der Waals surface area contributed by atoms with Crippen molar-refractivity contribution in [3.63, 3.8) is 0 Å². The van der Waals surface area contributed by atoms with Crippen LogP contribution in [0, 0.1) is 0 Å². The number of rotatable bonds is 4. The SMILES string of the molecule is NC(=O)NCCNC(=O)c1cc2ccccc2c(Cl)n1. The molecule has 7 heteroatoms. The van der Waals surface area contributed by atoms with Gasteiger partial charge in [0.15, 0.2) is 0 Å². The number of nitrogens with zero attached hydrogens (tertiary/aromatic N) is 1. The van der Waals surface area contributed by atoms with Crippen LogP contribution in [0.3, 0.4) is 0 Å². The van der Waals surface area contributed by atoms with Gasteiger partial charge in [0.25, 0.3) is 5.91 Å². The molecule has 0 bridgehead atoms. The summed E-state index contributed by atoms with van der Waals surface area (Å²) in [6, 6.07) is 8.43. The second-order valence-electron chi connectivity index (χ2n) is 4.07. The van der Waals surface area contributed by atoms with Crippen LogP contribution < -0.4 is 16.4 Å². The van der Waals surface area contributed by atoms with Crippen molar-refractivity contribution in [2.75, 3.05) is 13.1 Å². The van der Waals surface area contributed by atoms with E-state index in [9.17, 15) is 9.59 Å². The number of fused-ring (bicyclic) bond motifs is 1. The van der Waals surface area contributed by atoms with Crippen molar-refractivity contribution >= 4 is 34.3 Å². The molecule has 1 aromatic carbocycles. The van der Waals surface area contributed by atoms with Gasteiger partial charge < -0.3 is 16.4 Å². The third-order valence-electron chi connectivity index (χ3n) is 2.64. The summed E-state index contributed by atoms with van der Waals surface area (Å²) in [4.78, 5) is 26.4. The Morgan fingerprint density at radius 1 is 1.20 bits per heavy atom. The fraction of sp³-hybridized carbons (Fsp3) is 0.154. The first-order chi connectivity index (χ1) is 9.58. The van der Waals surface area contributed by atoms with E-state index in [2.05, 4.69) is 15.6 Å². The number of amides is 3. The number of hydrogen-bond acceptors (Lipinski definition) is 3. The lowest BCUT2D eigenvalue weighted by atomic mass is 10.1. The molecule has 20 heavy (non-hydrogen) atoms. The lowest BCUT2D eigenvalue weighted by molar-refractivity contribution is 0.0949. The van der Waals surface area contributed by atoms with E-state index in [1.54, 1.807) is 6.07 Å². The molecule has 0 atom stereocenters. The number of urea groups is 1. The first-order valence-corrected chi connectivity index (χ1v) is 6.32. The van der Waals surface area contributed by atoms with Gasteiger partial charge in [-0.1, -0.05) is 35.9 Å². The molecular weight excluding hydrogens is 280 g/mol. The second kappa shape index (κ2) is 6.21. The minimum Gasteiger partial charge on any atom is -0.352 e. The quantitative estimate of drug-likeness (QED) is 0.585. The zero-order valence-corrected chi connectivity index (χ0v) is 11.3. The average molecular weight is 293 g/mol. The summed E-state index contributed by atoms with van der Waals surface area (Å²) in [5.41, 5.74) is 5.14. The van der Waals surface area contributed by atoms with Gasteiger partial charge >= 0.3 is 6.03 Å². The Morgan fingerprint density at radius 2 is 1.90 bits per heavy atom. The summed E-state index contributed by atoms with van der Waals surface area (Å²) in [7, 11) is 0. The normalized spacial score (nSPS) is 10.2. The molecule has 2 rings (SSSR count). The largest absolute Gasteiger partial charge is 0.352 e. The molecule has 104 valence electrons. The van der Waals surface area contributed by atoms with Crippen molar-refractivity contribution < 1.29 is 9.59 Å². The van der Waals surface area contributed by atoms with Crippen LogP contribution in [0.4, 0.5) is 4.79 Å². The Labute approximate surface area is 120 Å². The van der Waals surface area contributed by atoms with E-state index in [1.807, 2.05) is 24.3 Å². The maximum atomic E-state index is 11.9. The van der Waals surface area contributed by atoms with Crippen molar-refractivity contribution in [3.8, 4) is 0 Å². The Balaban J connectivity index is 2.08. The van der Waals surface area contributed by atoms with Crippen LogP contribution in [0.25, 0.3) is 10.8 Å². The predicted octanol–water partition coefficient (Wildman–Crippen LogP) is 1.29. The number of aromatic nitrogens is 1. The zero-order valence-electron chi connectivity index (χ0n) is 10.5. The molecule has 0 saturated carbocycles. The number of benzene rings is 1. The molecule has 1 heterocycles. The summed E-state index contributed by atoms with van der Waals surface area (Å²) in [5, 5.41) is 6.90. The minimum absolute atomic E-state index is 0.229. The third-order valence-corrected chi connectivity index (χ3v) is 2.92. The van der Waals surface area contributed by atoms with Crippen molar-refractivity contribution in [2.24, 2.45) is 5.73 Å². The van der Waals surface area contributed by atoms with Crippen LogP contribution in [-0.2, 0) is 0 Å². The molecule has 0 unspecified atom stereocenters. The minimum atomic E-state index is -0.633. The number of carbonyl (C=O) groups is 2. The molecule has 1 aromatic heterocycles. The lowest BCUT2D eigenvalue weighted by Crippen LogP contribution is -2.37. The fourth-order valence-corrected chi connectivity index (χ4v) is 1.99. The van der Waals surface area contributed by atoms with E-state index in [0.29, 0.717) is 0 Å². The number of pyridine rings is 1. The smallest absolute Gasteiger partial charge is 0.312 e. The van der Waals surface area contributed by atoms with Crippen LogP contribution in [0.5, 0.6) is 0 Å². The van der Waals surface area contributed by atoms with E-state index in [1.165, 1.54) is 0 Å². The number of primary amides is 1. The third kappa shape index (κ3) is 3.36. The Morgan fingerprint density at radius 3 is 2.65 bits per heavy atom. The fourth-order valence-electron chi connectivity index (χ4n) is 1.72. The van der Waals surface area contributed by atoms with Gasteiger partial charge in [0.2, 0.25) is 0 Å². The van der Waals surface area contributed by atoms with Crippen LogP contribution in [0.2, 0.25) is 5.15 Å². The van der Waals surface area contributed by atoms with E-state index >= 15 is 0 Å². The first kappa shape index (κ1) is 14.1. The molecule has 0 aliphatic rings. The van der Waals surface area contributed by atoms with Gasteiger partial charge in [-0.15, -0.1) is 0 Å². The average Bonchev–Trinajstić information content (AvgIpc) is 2.43. The van der Waals surface area contributed by atoms with Gasteiger partial charge in [-0.2, -0.15) is 0 Å². The summed E-state index contributed by atoms with van der Waals surface area (Å²) < 4.78 is 0. The van der Waals surface area contributed by atoms with Gasteiger partial charge in [-0.25, -0.2) is 9.78 Å². The highest BCUT2D eigenvalue weighted by Gasteiger charge is 2.10. The molecule has 0 radical (unpaired) electrons. The van der Waals surface area contributed by atoms with Crippen molar-refractivity contribution in [3.05, 3.63) is 41.2 Å². The molecule has 0 aliphatic heterocycles. The van der Waals surface area contributed by atoms with Crippen molar-refractivity contribution in [1.29, 1.82) is 0 Å². The molecule has 6 nitrogen and oxygen atoms in total. The topological polar surface area (TPSA) is 97.1 Å². The molecule has 2 aromatic rings. The molecule has 0 spiro atoms. The summed E-state index contributed by atoms with van der Waals surface area (Å²) in [6.45, 7) is 0.510. The van der Waals surface area contributed by atoms with Crippen LogP contribution in [-0.4, -0.2) is 30.0 Å². The molecule has 0 saturated heterocycles. The van der Waals surface area contributed by atoms with Gasteiger partial charge in [0.1, 0.15) is 10.8 Å². The number of carbonyl (C=O) groups excluding carboxylic acids is 2. The van der Waals surface area contributed by atoms with E-state index in [-0.39, 0.29) is 29.8 Å². The number of nitrogens with two attached hydrogens (primary N) is 1. The molecule has 3 amide bonds. The van der Waals surface area contributed by atoms with Gasteiger partial charge in [-0.05, 0) is 11.5 Å². The van der Waals surface area contributed by atoms with Crippen LogP contribution >= 0.6 is 11.6 Å². The molecule has 0 fully saturated rings. The lowest BCUT2D eigenvalue weighted by Gasteiger charge is -2.07. The highest BCUT2D eigenvalue weighted by Crippen LogP contribution is 2.22. The van der Waals surface area contributed by atoms with E-state index in [0.717, 1.165) is 10.8 Å². The highest BCUT2D eigenvalue weighted by molar-refractivity contribution is 6.34. The maximum Gasteiger partial charge on any atom is 0.312 e. The standard InChI is InChI=1S/C13H13ClN4O2/c14-11-9-4-2-1-3-8(9)7-10(18-11)12(19)16-5-6-17-13(15)20/h1-4,7H,5-6H2,(H,16,19)(H3,15,17,20). The van der Waals surface area contributed by atoms with Crippen molar-refractivity contribution in [1.82, 2.24) is 15.6 Å². The summed E-state index contributed by atoms with van der Waals surface area (Å²) >= 11 is 6.04. The molecule has 4 N–H and O–H groups in total. The van der Waals surface area contributed by atoms with Gasteiger partial charge in [-0.3, -0.25) is 4.79 Å². The Hall–Kier alpha value is -2.34. The predicted molar refractivity (Wildman–Crippen MR) is 76.7 cm³/mol. The van der Waals surface area contributed by atoms with Gasteiger partial charge in [0, 0.05) is 18.5 Å². The monoisotopic (exact) mass is 292 g/mol. The molecule has 0 aliphatic carbocycles. The number of halogens is 1. The second-order valence-corrected chi connectivity index (χ2v) is 4.42. The van der Waals surface area contributed by atoms with Crippen LogP contribution in [0.1, 0.15) is 10.5 Å². The van der Waals surface area contributed by atoms with Crippen molar-refractivity contribution in [2.45, 2.75) is 0 Å². The van der Waals surface area contributed by atoms with Gasteiger partial charge in [0.05, 0.1) is 0 Å². The summed E-state index contributed by atoms with van der Waals surface area (Å²) in [5.74, 6) is -0.357. The Bertz CT molecular complexity index is 660. The first-order valence-electron chi connectivity index (χ1n) is 5.94. The maximum absolute atomic E-state index is 11.9.